The van der Waals surface area contributed by atoms with Gasteiger partial charge in [-0.2, -0.15) is 0 Å². The van der Waals surface area contributed by atoms with Gasteiger partial charge in [0.15, 0.2) is 0 Å². The molecule has 1 saturated heterocycles. The largest absolute Gasteiger partial charge is 0.392 e. The van der Waals surface area contributed by atoms with Gasteiger partial charge < -0.3 is 5.11 Å². The summed E-state index contributed by atoms with van der Waals surface area (Å²) in [6.45, 7) is 2.47. The number of carbonyl (C=O) groups is 1. The highest BCUT2D eigenvalue weighted by Gasteiger charge is 2.32. The highest BCUT2D eigenvalue weighted by Crippen LogP contribution is 2.25. The third-order valence-corrected chi connectivity index (χ3v) is 2.66. The summed E-state index contributed by atoms with van der Waals surface area (Å²) < 4.78 is 13.6. The molecule has 1 atom stereocenters. The molecule has 0 aromatic heterocycles. The van der Waals surface area contributed by atoms with E-state index in [4.69, 9.17) is 0 Å². The Balaban J connectivity index is 2.28. The van der Waals surface area contributed by atoms with Gasteiger partial charge in [-0.15, -0.1) is 0 Å². The van der Waals surface area contributed by atoms with Crippen LogP contribution in [0.25, 0.3) is 0 Å². The first-order chi connectivity index (χ1) is 8.09. The minimum atomic E-state index is -0.560. The summed E-state index contributed by atoms with van der Waals surface area (Å²) in [6, 6.07) is 6.15. The molecule has 1 unspecified atom stereocenters. The third-order valence-electron chi connectivity index (χ3n) is 2.66. The molecule has 1 aliphatic rings. The zero-order valence-electron chi connectivity index (χ0n) is 9.64. The molecule has 0 bridgehead atoms. The zero-order chi connectivity index (χ0) is 12.4. The number of aliphatic hydroxyl groups excluding tert-OH is 1. The summed E-state index contributed by atoms with van der Waals surface area (Å²) in [6.07, 6.45) is -0.212. The molecule has 1 amide bonds. The van der Waals surface area contributed by atoms with E-state index in [2.05, 4.69) is 0 Å². The second-order valence-corrected chi connectivity index (χ2v) is 4.17. The van der Waals surface area contributed by atoms with Crippen molar-refractivity contribution in [2.75, 3.05) is 18.1 Å². The zero-order valence-corrected chi connectivity index (χ0v) is 9.64. The van der Waals surface area contributed by atoms with Crippen LogP contribution in [0.4, 0.5) is 10.1 Å². The molecule has 1 N–H and O–H groups in total. The van der Waals surface area contributed by atoms with Gasteiger partial charge in [0.2, 0.25) is 5.91 Å². The van der Waals surface area contributed by atoms with E-state index in [0.717, 1.165) is 0 Å². The number of amides is 1. The van der Waals surface area contributed by atoms with Crippen molar-refractivity contribution in [3.05, 3.63) is 30.1 Å². The predicted octanol–water partition coefficient (Wildman–Crippen LogP) is 1.16. The molecule has 1 aromatic carbocycles. The number of β-amino-alcohol motifs (C(OH)–C–C–N with tert-alkyl or cyclic N) is 1. The van der Waals surface area contributed by atoms with Gasteiger partial charge in [-0.3, -0.25) is 4.79 Å². The van der Waals surface area contributed by atoms with Crippen LogP contribution in [0.3, 0.4) is 0 Å². The molecule has 92 valence electrons. The van der Waals surface area contributed by atoms with E-state index < -0.39 is 11.9 Å². The Bertz CT molecular complexity index is 423. The van der Waals surface area contributed by atoms with Crippen LogP contribution in [-0.4, -0.2) is 35.2 Å². The number of para-hydroxylation sites is 1. The molecule has 1 aromatic rings. The molecule has 1 fully saturated rings. The van der Waals surface area contributed by atoms with E-state index in [-0.39, 0.29) is 11.6 Å². The van der Waals surface area contributed by atoms with Gasteiger partial charge in [-0.1, -0.05) is 12.1 Å². The summed E-state index contributed by atoms with van der Waals surface area (Å²) in [7, 11) is 0. The number of benzene rings is 1. The molecule has 2 rings (SSSR count). The Kier molecular flexibility index (Phi) is 3.40. The highest BCUT2D eigenvalue weighted by atomic mass is 19.1. The fraction of sp³-hybridized carbons (Fsp3) is 0.417. The molecule has 1 aliphatic heterocycles. The van der Waals surface area contributed by atoms with Crippen LogP contribution < -0.4 is 5.01 Å². The summed E-state index contributed by atoms with van der Waals surface area (Å²) in [4.78, 5) is 11.8. The van der Waals surface area contributed by atoms with Crippen LogP contribution in [0.15, 0.2) is 24.3 Å². The topological polar surface area (TPSA) is 43.8 Å². The number of anilines is 1. The van der Waals surface area contributed by atoms with Gasteiger partial charge >= 0.3 is 0 Å². The van der Waals surface area contributed by atoms with Gasteiger partial charge in [0.25, 0.3) is 0 Å². The first-order valence-electron chi connectivity index (χ1n) is 5.60. The summed E-state index contributed by atoms with van der Waals surface area (Å²) >= 11 is 0. The lowest BCUT2D eigenvalue weighted by atomic mass is 10.3. The fourth-order valence-electron chi connectivity index (χ4n) is 1.98. The second-order valence-electron chi connectivity index (χ2n) is 4.17. The first kappa shape index (κ1) is 12.0. The minimum absolute atomic E-state index is 0.143. The average Bonchev–Trinajstić information content (AvgIpc) is 2.60. The molecule has 4 nitrogen and oxygen atoms in total. The van der Waals surface area contributed by atoms with E-state index in [1.807, 2.05) is 0 Å². The van der Waals surface area contributed by atoms with Crippen molar-refractivity contribution in [2.24, 2.45) is 0 Å². The third kappa shape index (κ3) is 2.45. The van der Waals surface area contributed by atoms with Crippen molar-refractivity contribution in [1.82, 2.24) is 5.01 Å². The van der Waals surface area contributed by atoms with Gasteiger partial charge in [0, 0.05) is 19.5 Å². The van der Waals surface area contributed by atoms with Crippen molar-refractivity contribution in [3.63, 3.8) is 0 Å². The molecule has 0 aliphatic carbocycles. The molecular formula is C12H15FN2O2. The molecular weight excluding hydrogens is 223 g/mol. The maximum Gasteiger partial charge on any atom is 0.243 e. The van der Waals surface area contributed by atoms with Gasteiger partial charge in [-0.05, 0) is 19.1 Å². The van der Waals surface area contributed by atoms with Crippen LogP contribution in [0.1, 0.15) is 13.3 Å². The Morgan fingerprint density at radius 1 is 1.47 bits per heavy atom. The SMILES string of the molecule is CC(O)CN1CCC(=O)N1c1ccccc1F. The summed E-state index contributed by atoms with van der Waals surface area (Å²) in [5.74, 6) is -0.575. The Morgan fingerprint density at radius 3 is 2.82 bits per heavy atom. The molecule has 0 saturated carbocycles. The minimum Gasteiger partial charge on any atom is -0.392 e. The Morgan fingerprint density at radius 2 is 2.18 bits per heavy atom. The molecule has 0 radical (unpaired) electrons. The number of nitrogens with zero attached hydrogens (tertiary/aromatic N) is 2. The van der Waals surface area contributed by atoms with E-state index in [1.165, 1.54) is 11.1 Å². The van der Waals surface area contributed by atoms with Crippen LogP contribution in [-0.2, 0) is 4.79 Å². The number of hydrazine groups is 1. The number of hydrogen-bond acceptors (Lipinski definition) is 3. The Labute approximate surface area is 99.2 Å². The van der Waals surface area contributed by atoms with Crippen molar-refractivity contribution in [3.8, 4) is 0 Å². The summed E-state index contributed by atoms with van der Waals surface area (Å²) in [5.41, 5.74) is 0.246. The van der Waals surface area contributed by atoms with Gasteiger partial charge in [0.05, 0.1) is 11.8 Å². The normalized spacial score (nSPS) is 18.8. The molecule has 0 spiro atoms. The second kappa shape index (κ2) is 4.81. The number of aliphatic hydroxyl groups is 1. The number of rotatable bonds is 3. The van der Waals surface area contributed by atoms with Crippen molar-refractivity contribution in [1.29, 1.82) is 0 Å². The number of halogens is 1. The van der Waals surface area contributed by atoms with Gasteiger partial charge in [-0.25, -0.2) is 14.4 Å². The maximum absolute atomic E-state index is 13.6. The first-order valence-corrected chi connectivity index (χ1v) is 5.60. The fourth-order valence-corrected chi connectivity index (χ4v) is 1.98. The maximum atomic E-state index is 13.6. The van der Waals surface area contributed by atoms with Crippen LogP contribution in [0.5, 0.6) is 0 Å². The van der Waals surface area contributed by atoms with Gasteiger partial charge in [0.1, 0.15) is 5.82 Å². The van der Waals surface area contributed by atoms with E-state index in [0.29, 0.717) is 19.5 Å². The molecule has 5 heteroatoms. The van der Waals surface area contributed by atoms with Crippen LogP contribution in [0.2, 0.25) is 0 Å². The molecule has 1 heterocycles. The lowest BCUT2D eigenvalue weighted by Gasteiger charge is -2.28. The van der Waals surface area contributed by atoms with Crippen LogP contribution >= 0.6 is 0 Å². The lowest BCUT2D eigenvalue weighted by Crippen LogP contribution is -2.43. The lowest BCUT2D eigenvalue weighted by molar-refractivity contribution is -0.118. The smallest absolute Gasteiger partial charge is 0.243 e. The molecule has 17 heavy (non-hydrogen) atoms. The monoisotopic (exact) mass is 238 g/mol. The van der Waals surface area contributed by atoms with Crippen molar-refractivity contribution >= 4 is 11.6 Å². The average molecular weight is 238 g/mol. The van der Waals surface area contributed by atoms with E-state index >= 15 is 0 Å². The van der Waals surface area contributed by atoms with E-state index in [9.17, 15) is 14.3 Å². The van der Waals surface area contributed by atoms with E-state index in [1.54, 1.807) is 30.1 Å². The number of hydrogen-bond donors (Lipinski definition) is 1. The summed E-state index contributed by atoms with van der Waals surface area (Å²) in [5, 5.41) is 12.4. The van der Waals surface area contributed by atoms with Crippen LogP contribution in [0, 0.1) is 5.82 Å². The highest BCUT2D eigenvalue weighted by molar-refractivity contribution is 5.94. The Hall–Kier alpha value is -1.46. The predicted molar refractivity (Wildman–Crippen MR) is 61.8 cm³/mol. The van der Waals surface area contributed by atoms with Crippen molar-refractivity contribution < 1.29 is 14.3 Å². The van der Waals surface area contributed by atoms with Crippen molar-refractivity contribution in [2.45, 2.75) is 19.4 Å². The standard InChI is InChI=1S/C12H15FN2O2/c1-9(16)8-14-7-6-12(17)15(14)11-5-3-2-4-10(11)13/h2-5,9,16H,6-8H2,1H3. The number of carbonyl (C=O) groups excluding carboxylic acids is 1. The quantitative estimate of drug-likeness (QED) is 0.859.